The Kier molecular flexibility index (Phi) is 7.77. The van der Waals surface area contributed by atoms with Gasteiger partial charge >= 0.3 is 6.18 Å². The maximum Gasteiger partial charge on any atom is 0.408 e. The first-order chi connectivity index (χ1) is 20.8. The largest absolute Gasteiger partial charge is 0.408 e. The molecule has 3 aromatic rings. The van der Waals surface area contributed by atoms with Crippen LogP contribution in [-0.2, 0) is 21.4 Å². The van der Waals surface area contributed by atoms with E-state index in [1.165, 1.54) is 6.07 Å². The zero-order valence-electron chi connectivity index (χ0n) is 23.1. The molecule has 18 heteroatoms. The number of amides is 1. The van der Waals surface area contributed by atoms with E-state index >= 15 is 0 Å². The summed E-state index contributed by atoms with van der Waals surface area (Å²) in [4.78, 5) is 19.6. The Bertz CT molecular complexity index is 1730. The summed E-state index contributed by atoms with van der Waals surface area (Å²) in [5.74, 6) is -0.233. The van der Waals surface area contributed by atoms with Crippen LogP contribution in [0, 0.1) is 12.5 Å². The maximum atomic E-state index is 13.8. The van der Waals surface area contributed by atoms with E-state index in [1.54, 1.807) is 4.90 Å². The Morgan fingerprint density at radius 3 is 2.39 bits per heavy atom. The molecule has 0 spiro atoms. The molecule has 44 heavy (non-hydrogen) atoms. The van der Waals surface area contributed by atoms with Gasteiger partial charge in [-0.05, 0) is 37.8 Å². The van der Waals surface area contributed by atoms with Gasteiger partial charge in [0.25, 0.3) is 12.1 Å². The molecule has 0 radical (unpaired) electrons. The quantitative estimate of drug-likeness (QED) is 0.278. The average molecular weight is 659 g/mol. The van der Waals surface area contributed by atoms with Gasteiger partial charge in [-0.3, -0.25) is 14.3 Å². The van der Waals surface area contributed by atoms with E-state index in [1.807, 2.05) is 4.90 Å². The van der Waals surface area contributed by atoms with Crippen molar-refractivity contribution < 1.29 is 35.2 Å². The van der Waals surface area contributed by atoms with E-state index in [0.717, 1.165) is 18.9 Å². The second kappa shape index (κ2) is 11.2. The fourth-order valence-electron chi connectivity index (χ4n) is 5.75. The van der Waals surface area contributed by atoms with Crippen LogP contribution >= 0.6 is 11.3 Å². The number of aromatic nitrogens is 4. The van der Waals surface area contributed by atoms with Crippen molar-refractivity contribution in [1.82, 2.24) is 29.6 Å². The first-order valence-corrected chi connectivity index (χ1v) is 16.3. The van der Waals surface area contributed by atoms with E-state index in [-0.39, 0.29) is 57.1 Å². The third kappa shape index (κ3) is 5.96. The van der Waals surface area contributed by atoms with Crippen LogP contribution in [0.2, 0.25) is 0 Å². The predicted octanol–water partition coefficient (Wildman–Crippen LogP) is 4.58. The van der Waals surface area contributed by atoms with Gasteiger partial charge in [0.15, 0.2) is 10.0 Å². The third-order valence-corrected chi connectivity index (χ3v) is 10.6. The molecule has 1 N–H and O–H groups in total. The normalized spacial score (nSPS) is 19.2. The van der Waals surface area contributed by atoms with E-state index in [4.69, 9.17) is 6.57 Å². The monoisotopic (exact) mass is 658 g/mol. The average Bonchev–Trinajstić information content (AvgIpc) is 3.37. The van der Waals surface area contributed by atoms with Gasteiger partial charge in [0, 0.05) is 37.5 Å². The molecule has 4 heterocycles. The Hall–Kier alpha value is -3.43. The number of carbonyl (C=O) groups excluding carboxylic acids is 1. The van der Waals surface area contributed by atoms with Crippen LogP contribution in [0.5, 0.6) is 0 Å². The van der Waals surface area contributed by atoms with E-state index in [2.05, 4.69) is 24.9 Å². The van der Waals surface area contributed by atoms with E-state index in [9.17, 15) is 35.2 Å². The minimum atomic E-state index is -4.72. The summed E-state index contributed by atoms with van der Waals surface area (Å²) in [7, 11) is -4.35. The molecule has 1 aliphatic carbocycles. The van der Waals surface area contributed by atoms with Crippen molar-refractivity contribution in [3.63, 3.8) is 0 Å². The number of nitrogens with one attached hydrogen (secondary N) is 1. The number of hydrogen-bond donors (Lipinski definition) is 1. The first kappa shape index (κ1) is 30.6. The lowest BCUT2D eigenvalue weighted by Gasteiger charge is -2.35. The molecule has 11 nitrogen and oxygen atoms in total. The second-order valence-electron chi connectivity index (χ2n) is 11.2. The van der Waals surface area contributed by atoms with Crippen LogP contribution in [0.25, 0.3) is 26.4 Å². The molecule has 1 aromatic carbocycles. The van der Waals surface area contributed by atoms with Crippen molar-refractivity contribution >= 4 is 43.9 Å². The van der Waals surface area contributed by atoms with E-state index in [0.29, 0.717) is 54.8 Å². The standard InChI is InChI=1S/C26H27F5N8O3S2/c1-32-25(6-7-25)36-44(41,42)16-12-17-19(22-33-34-23(43-22)21(27)28)35-39(14-26(29,30)31)20(17)18(13-16)37-10-4-15(5-11-37)24(40)38-8-2-3-9-38/h12-13,15,21,36H,2-11,14H2. The lowest BCUT2D eigenvalue weighted by atomic mass is 9.94. The fourth-order valence-corrected chi connectivity index (χ4v) is 7.86. The molecule has 2 saturated heterocycles. The summed E-state index contributed by atoms with van der Waals surface area (Å²) in [5.41, 5.74) is -1.45. The number of anilines is 1. The van der Waals surface area contributed by atoms with Crippen LogP contribution < -0.4 is 9.62 Å². The number of rotatable bonds is 8. The predicted molar refractivity (Wildman–Crippen MR) is 149 cm³/mol. The van der Waals surface area contributed by atoms with Crippen molar-refractivity contribution in [3.8, 4) is 10.7 Å². The molecule has 2 aliphatic heterocycles. The van der Waals surface area contributed by atoms with Crippen LogP contribution in [-0.4, -0.2) is 77.2 Å². The van der Waals surface area contributed by atoms with Crippen LogP contribution in [0.1, 0.15) is 50.0 Å². The number of likely N-dealkylation sites (tertiary alicyclic amines) is 1. The molecule has 1 saturated carbocycles. The first-order valence-electron chi connectivity index (χ1n) is 14.0. The number of nitrogens with zero attached hydrogens (tertiary/aromatic N) is 7. The molecular weight excluding hydrogens is 631 g/mol. The number of carbonyl (C=O) groups is 1. The van der Waals surface area contributed by atoms with Crippen LogP contribution in [0.4, 0.5) is 27.6 Å². The number of sulfonamides is 1. The summed E-state index contributed by atoms with van der Waals surface area (Å²) in [6.45, 7) is 7.75. The second-order valence-corrected chi connectivity index (χ2v) is 13.9. The summed E-state index contributed by atoms with van der Waals surface area (Å²) in [6.07, 6.45) is -4.41. The number of fused-ring (bicyclic) bond motifs is 1. The van der Waals surface area contributed by atoms with Gasteiger partial charge in [-0.25, -0.2) is 23.8 Å². The molecule has 2 aromatic heterocycles. The zero-order valence-corrected chi connectivity index (χ0v) is 24.8. The molecule has 3 fully saturated rings. The highest BCUT2D eigenvalue weighted by Gasteiger charge is 2.54. The SMILES string of the molecule is [C-]#[N+]C1(NS(=O)(=O)c2cc(N3CCC(C(=O)N4CCCC4)CC3)c3c(c2)c(-c2nnc(C(F)F)s2)nn3CC(F)(F)F)CC1. The highest BCUT2D eigenvalue weighted by molar-refractivity contribution is 7.89. The highest BCUT2D eigenvalue weighted by atomic mass is 32.2. The lowest BCUT2D eigenvalue weighted by molar-refractivity contribution is -0.141. The van der Waals surface area contributed by atoms with Crippen molar-refractivity contribution in [3.05, 3.63) is 28.6 Å². The summed E-state index contributed by atoms with van der Waals surface area (Å²) < 4.78 is 98.2. The van der Waals surface area contributed by atoms with Crippen molar-refractivity contribution in [2.45, 2.75) is 68.2 Å². The van der Waals surface area contributed by atoms with Gasteiger partial charge in [-0.1, -0.05) is 11.3 Å². The van der Waals surface area contributed by atoms with Crippen LogP contribution in [0.3, 0.4) is 0 Å². The minimum absolute atomic E-state index is 0.0391. The lowest BCUT2D eigenvalue weighted by Crippen LogP contribution is -2.42. The molecule has 0 bridgehead atoms. The van der Waals surface area contributed by atoms with Gasteiger partial charge < -0.3 is 9.80 Å². The number of benzene rings is 1. The van der Waals surface area contributed by atoms with Gasteiger partial charge in [0.2, 0.25) is 15.9 Å². The molecule has 0 atom stereocenters. The maximum absolute atomic E-state index is 13.8. The molecular formula is C26H27F5N8O3S2. The van der Waals surface area contributed by atoms with Gasteiger partial charge in [0.1, 0.15) is 12.2 Å². The molecule has 3 aliphatic rings. The molecule has 0 unspecified atom stereocenters. The topological polar surface area (TPSA) is 118 Å². The highest BCUT2D eigenvalue weighted by Crippen LogP contribution is 2.42. The number of halogens is 5. The van der Waals surface area contributed by atoms with Gasteiger partial charge in [-0.15, -0.1) is 14.9 Å². The number of hydrogen-bond acceptors (Lipinski definition) is 8. The van der Waals surface area contributed by atoms with Crippen molar-refractivity contribution in [1.29, 1.82) is 0 Å². The number of piperidine rings is 1. The van der Waals surface area contributed by atoms with Crippen molar-refractivity contribution in [2.24, 2.45) is 5.92 Å². The summed E-state index contributed by atoms with van der Waals surface area (Å²) >= 11 is 0.444. The third-order valence-electron chi connectivity index (χ3n) is 8.13. The summed E-state index contributed by atoms with van der Waals surface area (Å²) in [5, 5.41) is 10.3. The molecule has 6 rings (SSSR count). The van der Waals surface area contributed by atoms with E-state index < -0.39 is 39.8 Å². The fraction of sp³-hybridized carbons (Fsp3) is 0.577. The van der Waals surface area contributed by atoms with Crippen molar-refractivity contribution in [2.75, 3.05) is 31.1 Å². The summed E-state index contributed by atoms with van der Waals surface area (Å²) in [6, 6.07) is 2.37. The Balaban J connectivity index is 1.47. The zero-order chi connectivity index (χ0) is 31.4. The Labute approximate surface area is 252 Å². The van der Waals surface area contributed by atoms with Gasteiger partial charge in [-0.2, -0.15) is 18.3 Å². The van der Waals surface area contributed by atoms with Crippen LogP contribution in [0.15, 0.2) is 17.0 Å². The molecule has 1 amide bonds. The smallest absolute Gasteiger partial charge is 0.370 e. The van der Waals surface area contributed by atoms with Gasteiger partial charge in [0.05, 0.1) is 28.9 Å². The minimum Gasteiger partial charge on any atom is -0.370 e. The Morgan fingerprint density at radius 2 is 1.82 bits per heavy atom. The Morgan fingerprint density at radius 1 is 1.14 bits per heavy atom. The number of alkyl halides is 5. The molecule has 236 valence electrons.